The van der Waals surface area contributed by atoms with Gasteiger partial charge in [0.1, 0.15) is 0 Å². The molecular weight excluding hydrogens is 917 g/mol. The van der Waals surface area contributed by atoms with Crippen molar-refractivity contribution in [1.82, 2.24) is 68.6 Å². The molecule has 0 aromatic carbocycles. The third kappa shape index (κ3) is 10.6. The van der Waals surface area contributed by atoms with Gasteiger partial charge in [0.15, 0.2) is 45.6 Å². The maximum absolute atomic E-state index is 12.2. The van der Waals surface area contributed by atoms with Crippen LogP contribution >= 0.6 is 0 Å². The molecule has 6 aromatic rings. The van der Waals surface area contributed by atoms with Gasteiger partial charge in [-0.2, -0.15) is 4.31 Å². The summed E-state index contributed by atoms with van der Waals surface area (Å²) >= 11 is 0. The molecule has 2 atom stereocenters. The number of ether oxygens (including phenoxy) is 2. The summed E-state index contributed by atoms with van der Waals surface area (Å²) in [5, 5.41) is 3.52. The molecule has 0 spiro atoms. The number of aromatic nitrogens is 12. The van der Waals surface area contributed by atoms with E-state index in [-0.39, 0.29) is 17.9 Å². The van der Waals surface area contributed by atoms with Crippen molar-refractivity contribution in [3.05, 3.63) is 24.8 Å². The lowest BCUT2D eigenvalue weighted by Crippen LogP contribution is -2.54. The number of sulfonamides is 1. The summed E-state index contributed by atoms with van der Waals surface area (Å²) in [4.78, 5) is 55.6. The molecule has 0 radical (unpaired) electrons. The van der Waals surface area contributed by atoms with E-state index in [1.807, 2.05) is 6.92 Å². The maximum atomic E-state index is 12.2. The molecule has 0 amide bonds. The number of piperazine rings is 2. The lowest BCUT2D eigenvalue weighted by atomic mass is 10.2. The van der Waals surface area contributed by atoms with Gasteiger partial charge in [0, 0.05) is 115 Å². The standard InChI is InChI=1S/C23H34N10O3S.C22H32N10O/c1-15(2)13-32-21-18(27-23(32)31-5-6-33(16(3)14-31)37(4,34)35)20(30-7-9-36-10-8-30)28-19(29-21)17-11-25-22(24)26-12-17;1-14(2)12-32-20-17(27-22(32)31-5-4-24-15(3)13-31)19(30-6-8-33-9-7-30)28-18(29-20)16-10-25-21(23)26-11-16/h11-12,15-16H,5-10,13-14H2,1-4H3,(H2,24,25,26);10-11,14-15,24H,4-9,12-13H2,1-3H3,(H2,23,25,26)/t16-;15-/m11/s1. The average molecular weight is 983 g/mol. The van der Waals surface area contributed by atoms with Gasteiger partial charge in [0.2, 0.25) is 33.8 Å². The number of nitrogen functional groups attached to an aromatic ring is 2. The zero-order chi connectivity index (χ0) is 49.3. The summed E-state index contributed by atoms with van der Waals surface area (Å²) in [7, 11) is -3.28. The van der Waals surface area contributed by atoms with Crippen LogP contribution < -0.4 is 36.4 Å². The van der Waals surface area contributed by atoms with E-state index in [1.54, 1.807) is 29.1 Å². The SMILES string of the molecule is CC(C)Cn1c(N2CCN(S(C)(=O)=O)[C@H](C)C2)nc2c(N3CCOCC3)nc(-c3cnc(N)nc3)nc21.CC(C)Cn1c(N2CCN[C@H](C)C2)nc2c(N3CCOCC3)nc(-c3cnc(N)nc3)nc21. The van der Waals surface area contributed by atoms with Crippen molar-refractivity contribution in [3.63, 3.8) is 0 Å². The minimum atomic E-state index is -3.28. The number of rotatable bonds is 11. The first-order chi connectivity index (χ1) is 33.6. The first kappa shape index (κ1) is 48.9. The Morgan fingerprint density at radius 2 is 1.06 bits per heavy atom. The molecule has 4 aliphatic heterocycles. The van der Waals surface area contributed by atoms with Crippen LogP contribution in [-0.2, 0) is 32.6 Å². The molecule has 6 aromatic heterocycles. The van der Waals surface area contributed by atoms with Gasteiger partial charge >= 0.3 is 0 Å². The van der Waals surface area contributed by atoms with Crippen molar-refractivity contribution in [2.45, 2.75) is 66.7 Å². The Labute approximate surface area is 408 Å². The quantitative estimate of drug-likeness (QED) is 0.167. The second kappa shape index (κ2) is 20.7. The van der Waals surface area contributed by atoms with E-state index in [0.29, 0.717) is 101 Å². The molecule has 24 nitrogen and oxygen atoms in total. The molecule has 0 saturated carbocycles. The summed E-state index contributed by atoms with van der Waals surface area (Å²) < 4.78 is 41.6. The number of hydrogen-bond acceptors (Lipinski definition) is 21. The molecular formula is C45H66N20O4S. The summed E-state index contributed by atoms with van der Waals surface area (Å²) in [5.41, 5.74) is 15.9. The molecule has 4 fully saturated rings. The molecule has 25 heteroatoms. The maximum Gasteiger partial charge on any atom is 0.219 e. The van der Waals surface area contributed by atoms with E-state index in [0.717, 1.165) is 90.7 Å². The third-order valence-corrected chi connectivity index (χ3v) is 14.0. The molecule has 376 valence electrons. The summed E-state index contributed by atoms with van der Waals surface area (Å²) in [6, 6.07) is 0.224. The number of hydrogen-bond donors (Lipinski definition) is 3. The highest BCUT2D eigenvalue weighted by Crippen LogP contribution is 2.35. The molecule has 0 aliphatic carbocycles. The van der Waals surface area contributed by atoms with Crippen LogP contribution in [0.4, 0.5) is 35.4 Å². The molecule has 5 N–H and O–H groups in total. The normalized spacial score (nSPS) is 19.7. The van der Waals surface area contributed by atoms with Crippen molar-refractivity contribution < 1.29 is 17.9 Å². The number of nitrogens with two attached hydrogens (primary N) is 2. The Morgan fingerprint density at radius 3 is 1.46 bits per heavy atom. The summed E-state index contributed by atoms with van der Waals surface area (Å²) in [6.07, 6.45) is 7.87. The highest BCUT2D eigenvalue weighted by molar-refractivity contribution is 7.88. The number of imidazole rings is 2. The van der Waals surface area contributed by atoms with Crippen molar-refractivity contribution in [2.75, 3.05) is 129 Å². The first-order valence-corrected chi connectivity index (χ1v) is 26.0. The smallest absolute Gasteiger partial charge is 0.219 e. The number of morpholine rings is 2. The fraction of sp³-hybridized carbons (Fsp3) is 0.600. The Hall–Kier alpha value is -6.15. The van der Waals surface area contributed by atoms with Gasteiger partial charge in [-0.05, 0) is 25.7 Å². The van der Waals surface area contributed by atoms with E-state index in [9.17, 15) is 8.42 Å². The Kier molecular flexibility index (Phi) is 14.4. The van der Waals surface area contributed by atoms with Gasteiger partial charge in [0.05, 0.1) is 43.8 Å². The van der Waals surface area contributed by atoms with Crippen LogP contribution in [0.15, 0.2) is 24.8 Å². The monoisotopic (exact) mass is 983 g/mol. The number of fused-ring (bicyclic) bond motifs is 2. The fourth-order valence-electron chi connectivity index (χ4n) is 9.38. The van der Waals surface area contributed by atoms with E-state index in [2.05, 4.69) is 88.6 Å². The van der Waals surface area contributed by atoms with Gasteiger partial charge in [-0.3, -0.25) is 9.13 Å². The lowest BCUT2D eigenvalue weighted by Gasteiger charge is -2.38. The van der Waals surface area contributed by atoms with Gasteiger partial charge in [-0.1, -0.05) is 27.7 Å². The van der Waals surface area contributed by atoms with Crippen LogP contribution in [0, 0.1) is 11.8 Å². The van der Waals surface area contributed by atoms with Crippen molar-refractivity contribution >= 4 is 67.8 Å². The predicted molar refractivity (Wildman–Crippen MR) is 270 cm³/mol. The van der Waals surface area contributed by atoms with Crippen molar-refractivity contribution in [2.24, 2.45) is 11.8 Å². The van der Waals surface area contributed by atoms with Crippen LogP contribution in [0.2, 0.25) is 0 Å². The van der Waals surface area contributed by atoms with Crippen LogP contribution in [-0.4, -0.2) is 182 Å². The van der Waals surface area contributed by atoms with E-state index < -0.39 is 10.0 Å². The van der Waals surface area contributed by atoms with Gasteiger partial charge in [0.25, 0.3) is 0 Å². The van der Waals surface area contributed by atoms with Gasteiger partial charge < -0.3 is 45.9 Å². The molecule has 4 saturated heterocycles. The minimum Gasteiger partial charge on any atom is -0.378 e. The minimum absolute atomic E-state index is 0.177. The topological polar surface area (TPSA) is 272 Å². The molecule has 0 unspecified atom stereocenters. The van der Waals surface area contributed by atoms with Crippen LogP contribution in [0.3, 0.4) is 0 Å². The van der Waals surface area contributed by atoms with Crippen molar-refractivity contribution in [3.8, 4) is 22.8 Å². The fourth-order valence-corrected chi connectivity index (χ4v) is 10.5. The zero-order valence-electron chi connectivity index (χ0n) is 41.2. The largest absolute Gasteiger partial charge is 0.378 e. The summed E-state index contributed by atoms with van der Waals surface area (Å²) in [5.74, 6) is 5.58. The highest BCUT2D eigenvalue weighted by atomic mass is 32.2. The van der Waals surface area contributed by atoms with E-state index in [4.69, 9.17) is 50.8 Å². The average Bonchev–Trinajstić information content (AvgIpc) is 3.89. The van der Waals surface area contributed by atoms with Crippen molar-refractivity contribution in [1.29, 1.82) is 0 Å². The first-order valence-electron chi connectivity index (χ1n) is 24.2. The van der Waals surface area contributed by atoms with Gasteiger partial charge in [-0.15, -0.1) is 0 Å². The second-order valence-corrected chi connectivity index (χ2v) is 21.2. The Bertz CT molecular complexity index is 2860. The second-order valence-electron chi connectivity index (χ2n) is 19.2. The molecule has 10 heterocycles. The Balaban J connectivity index is 0.000000175. The Morgan fingerprint density at radius 1 is 0.614 bits per heavy atom. The van der Waals surface area contributed by atoms with E-state index >= 15 is 0 Å². The zero-order valence-corrected chi connectivity index (χ0v) is 42.0. The van der Waals surface area contributed by atoms with Crippen LogP contribution in [0.5, 0.6) is 0 Å². The predicted octanol–water partition coefficient (Wildman–Crippen LogP) is 1.98. The van der Waals surface area contributed by atoms with Crippen LogP contribution in [0.25, 0.3) is 45.1 Å². The lowest BCUT2D eigenvalue weighted by molar-refractivity contribution is 0.122. The third-order valence-electron chi connectivity index (χ3n) is 12.6. The highest BCUT2D eigenvalue weighted by Gasteiger charge is 2.34. The number of nitrogens with zero attached hydrogens (tertiary/aromatic N) is 17. The van der Waals surface area contributed by atoms with Gasteiger partial charge in [-0.25, -0.2) is 58.3 Å². The number of anilines is 6. The van der Waals surface area contributed by atoms with E-state index in [1.165, 1.54) is 6.26 Å². The summed E-state index contributed by atoms with van der Waals surface area (Å²) in [6.45, 7) is 24.1. The number of nitrogens with one attached hydrogen (secondary N) is 1. The molecule has 0 bridgehead atoms. The van der Waals surface area contributed by atoms with Crippen LogP contribution in [0.1, 0.15) is 41.5 Å². The molecule has 4 aliphatic rings. The molecule has 70 heavy (non-hydrogen) atoms. The molecule has 10 rings (SSSR count).